The van der Waals surface area contributed by atoms with E-state index in [-0.39, 0.29) is 26.0 Å². The maximum atomic E-state index is 13.2. The average molecular weight is 611 g/mol. The smallest absolute Gasteiger partial charge is 0.415 e. The highest BCUT2D eigenvalue weighted by Crippen LogP contribution is 2.35. The molecule has 0 atom stereocenters. The molecule has 2 amide bonds. The molecule has 0 aliphatic carbocycles. The molecule has 4 aromatic rings. The van der Waals surface area contributed by atoms with E-state index in [1.165, 1.54) is 41.0 Å². The number of aromatic nitrogens is 4. The van der Waals surface area contributed by atoms with Gasteiger partial charge >= 0.3 is 12.2 Å². The van der Waals surface area contributed by atoms with E-state index < -0.39 is 17.7 Å². The van der Waals surface area contributed by atoms with Crippen molar-refractivity contribution in [3.63, 3.8) is 0 Å². The van der Waals surface area contributed by atoms with Gasteiger partial charge in [0, 0.05) is 23.5 Å². The first-order valence-electron chi connectivity index (χ1n) is 11.4. The van der Waals surface area contributed by atoms with Gasteiger partial charge in [-0.05, 0) is 26.0 Å². The second-order valence-electron chi connectivity index (χ2n) is 7.84. The number of nitrogens with one attached hydrogen (secondary N) is 1. The fourth-order valence-corrected chi connectivity index (χ4v) is 5.37. The zero-order chi connectivity index (χ0) is 27.9. The van der Waals surface area contributed by atoms with Crippen molar-refractivity contribution in [3.8, 4) is 21.1 Å². The van der Waals surface area contributed by atoms with Gasteiger partial charge in [0.1, 0.15) is 44.9 Å². The third-order valence-corrected chi connectivity index (χ3v) is 7.51. The molecule has 0 saturated carbocycles. The lowest BCUT2D eigenvalue weighted by Crippen LogP contribution is -2.22. The van der Waals surface area contributed by atoms with Crippen LogP contribution in [-0.4, -0.2) is 57.8 Å². The number of thiazole rings is 2. The van der Waals surface area contributed by atoms with Crippen molar-refractivity contribution in [2.75, 3.05) is 35.9 Å². The number of aryl methyl sites for hydroxylation is 2. The Morgan fingerprint density at radius 3 is 2.20 bits per heavy atom. The summed E-state index contributed by atoms with van der Waals surface area (Å²) in [5.74, 6) is -0.617. The van der Waals surface area contributed by atoms with Gasteiger partial charge in [-0.2, -0.15) is 0 Å². The second-order valence-corrected chi connectivity index (χ2v) is 10.2. The van der Waals surface area contributed by atoms with Crippen molar-refractivity contribution in [2.45, 2.75) is 21.3 Å². The first-order chi connectivity index (χ1) is 18.7. The molecule has 0 bridgehead atoms. The quantitative estimate of drug-likeness (QED) is 0.240. The van der Waals surface area contributed by atoms with Crippen LogP contribution in [0.4, 0.5) is 28.4 Å². The first-order valence-corrected chi connectivity index (χ1v) is 13.5. The van der Waals surface area contributed by atoms with Crippen LogP contribution in [0.3, 0.4) is 0 Å². The van der Waals surface area contributed by atoms with Crippen molar-refractivity contribution >= 4 is 56.5 Å². The Morgan fingerprint density at radius 2 is 1.65 bits per heavy atom. The largest absolute Gasteiger partial charge is 0.448 e. The minimum atomic E-state index is -0.596. The number of cyclic esters (lactones) is 1. The summed E-state index contributed by atoms with van der Waals surface area (Å²) in [4.78, 5) is 40.7. The van der Waals surface area contributed by atoms with Crippen molar-refractivity contribution in [1.82, 2.24) is 19.9 Å². The molecule has 1 aliphatic rings. The summed E-state index contributed by atoms with van der Waals surface area (Å²) in [5.41, 5.74) is 2.51. The Kier molecular flexibility index (Phi) is 10.8. The van der Waals surface area contributed by atoms with Crippen LogP contribution in [0.15, 0.2) is 36.9 Å². The van der Waals surface area contributed by atoms with Crippen LogP contribution in [0, 0.1) is 25.5 Å². The van der Waals surface area contributed by atoms with E-state index in [2.05, 4.69) is 25.3 Å². The molecule has 0 spiro atoms. The Labute approximate surface area is 242 Å². The van der Waals surface area contributed by atoms with Gasteiger partial charge in [0.15, 0.2) is 0 Å². The molecular weight excluding hydrogens is 586 g/mol. The highest BCUT2D eigenvalue weighted by atomic mass is 35.5. The van der Waals surface area contributed by atoms with E-state index in [0.29, 0.717) is 45.0 Å². The first kappa shape index (κ1) is 30.8. The molecule has 4 aromatic heterocycles. The van der Waals surface area contributed by atoms with Gasteiger partial charge in [-0.3, -0.25) is 20.2 Å². The highest BCUT2D eigenvalue weighted by molar-refractivity contribution is 7.19. The van der Waals surface area contributed by atoms with Crippen LogP contribution in [0.5, 0.6) is 0 Å². The van der Waals surface area contributed by atoms with Crippen LogP contribution in [0.25, 0.3) is 21.1 Å². The predicted molar refractivity (Wildman–Crippen MR) is 151 cm³/mol. The lowest BCUT2D eigenvalue weighted by Gasteiger charge is -2.09. The van der Waals surface area contributed by atoms with Gasteiger partial charge < -0.3 is 9.47 Å². The molecule has 1 N–H and O–H groups in total. The SMILES string of the molecule is C.Cc1nc(-c2cncc(F)c2)sc1N1CCOC1=O.Cc1nc(-c2cncc(F)c2)sc1NC(=O)OCCCl. The fourth-order valence-electron chi connectivity index (χ4n) is 3.29. The average Bonchev–Trinajstić information content (AvgIpc) is 3.61. The van der Waals surface area contributed by atoms with E-state index >= 15 is 0 Å². The maximum Gasteiger partial charge on any atom is 0.415 e. The van der Waals surface area contributed by atoms with Crippen LogP contribution in [-0.2, 0) is 9.47 Å². The summed E-state index contributed by atoms with van der Waals surface area (Å²) in [6.45, 7) is 4.58. The number of ether oxygens (including phenoxy) is 2. The molecular formula is C25H25ClF2N6O4S2. The topological polar surface area (TPSA) is 119 Å². The molecule has 40 heavy (non-hydrogen) atoms. The predicted octanol–water partition coefficient (Wildman–Crippen LogP) is 6.69. The number of carbonyl (C=O) groups excluding carboxylic acids is 2. The number of alkyl halides is 1. The standard InChI is InChI=1S/C12H11ClFN3O2S.C12H10FN3O2S.CH4/c1-7-10(17-12(18)19-3-2-13)20-11(16-7)8-4-9(14)6-15-5-8;1-7-11(16-2-3-18-12(16)17)19-10(15-7)8-4-9(13)6-14-5-8;/h4-6H,2-3H2,1H3,(H,17,18);4-6H,2-3H2,1H3;1H4. The molecule has 1 fully saturated rings. The van der Waals surface area contributed by atoms with Crippen molar-refractivity contribution < 1.29 is 27.8 Å². The van der Waals surface area contributed by atoms with Gasteiger partial charge in [-0.25, -0.2) is 28.3 Å². The van der Waals surface area contributed by atoms with Gasteiger partial charge in [-0.1, -0.05) is 30.1 Å². The number of halogens is 3. The molecule has 1 saturated heterocycles. The van der Waals surface area contributed by atoms with E-state index in [0.717, 1.165) is 23.1 Å². The molecule has 5 heterocycles. The van der Waals surface area contributed by atoms with Crippen LogP contribution in [0.2, 0.25) is 0 Å². The number of nitrogens with zero attached hydrogens (tertiary/aromatic N) is 5. The molecule has 5 rings (SSSR count). The van der Waals surface area contributed by atoms with Gasteiger partial charge in [-0.15, -0.1) is 11.6 Å². The summed E-state index contributed by atoms with van der Waals surface area (Å²) in [5, 5.41) is 5.06. The zero-order valence-corrected chi connectivity index (χ0v) is 23.0. The maximum absolute atomic E-state index is 13.2. The zero-order valence-electron chi connectivity index (χ0n) is 20.6. The Bertz CT molecular complexity index is 1490. The van der Waals surface area contributed by atoms with Crippen LogP contribution >= 0.6 is 34.3 Å². The summed E-state index contributed by atoms with van der Waals surface area (Å²) in [7, 11) is 0. The van der Waals surface area contributed by atoms with Crippen molar-refractivity contribution in [1.29, 1.82) is 0 Å². The number of anilines is 2. The number of hydrogen-bond acceptors (Lipinski definition) is 10. The van der Waals surface area contributed by atoms with Crippen LogP contribution < -0.4 is 10.2 Å². The van der Waals surface area contributed by atoms with Gasteiger partial charge in [0.2, 0.25) is 0 Å². The van der Waals surface area contributed by atoms with Gasteiger partial charge in [0.25, 0.3) is 0 Å². The summed E-state index contributed by atoms with van der Waals surface area (Å²) in [6.07, 6.45) is 4.36. The molecule has 1 aliphatic heterocycles. The van der Waals surface area contributed by atoms with Gasteiger partial charge in [0.05, 0.1) is 36.2 Å². The second kappa shape index (κ2) is 14.1. The molecule has 15 heteroatoms. The molecule has 0 aromatic carbocycles. The normalized spacial score (nSPS) is 12.2. The minimum Gasteiger partial charge on any atom is -0.448 e. The Morgan fingerprint density at radius 1 is 1.05 bits per heavy atom. The number of carbonyl (C=O) groups is 2. The fraction of sp³-hybridized carbons (Fsp3) is 0.280. The Hall–Kier alpha value is -3.75. The molecule has 0 radical (unpaired) electrons. The monoisotopic (exact) mass is 610 g/mol. The molecule has 0 unspecified atom stereocenters. The highest BCUT2D eigenvalue weighted by Gasteiger charge is 2.27. The number of rotatable bonds is 6. The lowest BCUT2D eigenvalue weighted by molar-refractivity contribution is 0.168. The van der Waals surface area contributed by atoms with Crippen LogP contribution in [0.1, 0.15) is 18.8 Å². The molecule has 10 nitrogen and oxygen atoms in total. The van der Waals surface area contributed by atoms with E-state index in [1.807, 2.05) is 6.92 Å². The number of amides is 2. The van der Waals surface area contributed by atoms with E-state index in [1.54, 1.807) is 18.0 Å². The summed E-state index contributed by atoms with van der Waals surface area (Å²) in [6, 6.07) is 2.71. The van der Waals surface area contributed by atoms with Crippen molar-refractivity contribution in [2.24, 2.45) is 0 Å². The lowest BCUT2D eigenvalue weighted by atomic mass is 10.3. The summed E-state index contributed by atoms with van der Waals surface area (Å²) >= 11 is 7.97. The van der Waals surface area contributed by atoms with Crippen molar-refractivity contribution in [3.05, 3.63) is 59.9 Å². The molecule has 212 valence electrons. The third kappa shape index (κ3) is 7.67. The van der Waals surface area contributed by atoms with E-state index in [4.69, 9.17) is 21.1 Å². The Balaban J connectivity index is 0.000000215. The minimum absolute atomic E-state index is 0. The number of hydrogen-bond donors (Lipinski definition) is 1. The third-order valence-electron chi connectivity index (χ3n) is 5.00. The van der Waals surface area contributed by atoms with E-state index in [9.17, 15) is 18.4 Å². The summed E-state index contributed by atoms with van der Waals surface area (Å²) < 4.78 is 36.0. The number of pyridine rings is 2.